The zero-order valence-corrected chi connectivity index (χ0v) is 5.85. The molecule has 0 saturated carbocycles. The second kappa shape index (κ2) is 3.44. The summed E-state index contributed by atoms with van der Waals surface area (Å²) < 4.78 is 17.3. The zero-order chi connectivity index (χ0) is 8.43. The minimum Gasteiger partial charge on any atom is -0.394 e. The van der Waals surface area contributed by atoms with Crippen molar-refractivity contribution < 1.29 is 24.4 Å². The van der Waals surface area contributed by atoms with E-state index in [-0.39, 0.29) is 6.42 Å². The normalized spacial score (nSPS) is 45.8. The lowest BCUT2D eigenvalue weighted by Gasteiger charge is -2.32. The fourth-order valence-electron chi connectivity index (χ4n) is 1.05. The summed E-state index contributed by atoms with van der Waals surface area (Å²) in [5, 5.41) is 26.3. The maximum atomic E-state index is 12.7. The lowest BCUT2D eigenvalue weighted by Crippen LogP contribution is -2.48. The first-order chi connectivity index (χ1) is 5.15. The summed E-state index contributed by atoms with van der Waals surface area (Å²) >= 11 is 0. The van der Waals surface area contributed by atoms with Gasteiger partial charge < -0.3 is 20.1 Å². The number of aliphatic hydroxyl groups is 3. The largest absolute Gasteiger partial charge is 0.394 e. The van der Waals surface area contributed by atoms with Crippen molar-refractivity contribution in [3.8, 4) is 0 Å². The van der Waals surface area contributed by atoms with Crippen LogP contribution in [-0.2, 0) is 4.74 Å². The quantitative estimate of drug-likeness (QED) is 0.457. The first-order valence-corrected chi connectivity index (χ1v) is 3.41. The summed E-state index contributed by atoms with van der Waals surface area (Å²) in [4.78, 5) is 0. The predicted octanol–water partition coefficient (Wildman–Crippen LogP) is -1.22. The van der Waals surface area contributed by atoms with Crippen LogP contribution >= 0.6 is 0 Å². The minimum absolute atomic E-state index is 0.238. The second-order valence-corrected chi connectivity index (χ2v) is 2.55. The maximum absolute atomic E-state index is 12.7. The molecule has 1 unspecified atom stereocenters. The number of rotatable bonds is 1. The van der Waals surface area contributed by atoms with Crippen LogP contribution in [0.4, 0.5) is 4.39 Å². The highest BCUT2D eigenvalue weighted by molar-refractivity contribution is 4.81. The Morgan fingerprint density at radius 1 is 1.45 bits per heavy atom. The van der Waals surface area contributed by atoms with E-state index in [2.05, 4.69) is 4.74 Å². The molecule has 3 N–H and O–H groups in total. The van der Waals surface area contributed by atoms with Crippen molar-refractivity contribution >= 4 is 0 Å². The van der Waals surface area contributed by atoms with E-state index in [0.29, 0.717) is 0 Å². The molecule has 1 rings (SSSR count). The van der Waals surface area contributed by atoms with Crippen LogP contribution in [-0.4, -0.2) is 46.6 Å². The van der Waals surface area contributed by atoms with Gasteiger partial charge in [-0.05, 0) is 0 Å². The Morgan fingerprint density at radius 3 is 2.64 bits per heavy atom. The van der Waals surface area contributed by atoms with Gasteiger partial charge in [0, 0.05) is 6.42 Å². The first-order valence-electron chi connectivity index (χ1n) is 3.41. The Kier molecular flexibility index (Phi) is 2.78. The van der Waals surface area contributed by atoms with E-state index in [9.17, 15) is 4.39 Å². The van der Waals surface area contributed by atoms with E-state index >= 15 is 0 Å². The molecule has 0 aliphatic carbocycles. The lowest BCUT2D eigenvalue weighted by atomic mass is 10.0. The average molecular weight is 166 g/mol. The molecule has 0 radical (unpaired) electrons. The molecular formula is C6H11FO4. The number of alkyl halides is 1. The summed E-state index contributed by atoms with van der Waals surface area (Å²) in [6.07, 6.45) is -5.31. The van der Waals surface area contributed by atoms with Gasteiger partial charge in [0.25, 0.3) is 0 Å². The van der Waals surface area contributed by atoms with Gasteiger partial charge in [-0.2, -0.15) is 0 Å². The number of ether oxygens (including phenoxy) is 1. The van der Waals surface area contributed by atoms with Crippen LogP contribution < -0.4 is 0 Å². The fourth-order valence-corrected chi connectivity index (χ4v) is 1.05. The Balaban J connectivity index is 2.51. The third-order valence-electron chi connectivity index (χ3n) is 1.69. The number of aliphatic hydroxyl groups excluding tert-OH is 3. The van der Waals surface area contributed by atoms with E-state index in [4.69, 9.17) is 15.3 Å². The molecule has 1 fully saturated rings. The van der Waals surface area contributed by atoms with Gasteiger partial charge in [0.05, 0.1) is 6.61 Å². The average Bonchev–Trinajstić information content (AvgIpc) is 1.96. The fraction of sp³-hybridized carbons (Fsp3) is 1.00. The first kappa shape index (κ1) is 8.86. The standard InChI is InChI=1S/C6H11FO4/c7-3-1-5(9)11-4(2-8)6(3)10/h3-6,8-10H,1-2H2/t3-,4-,5?,6+/m1/s1. The van der Waals surface area contributed by atoms with Crippen LogP contribution in [0.5, 0.6) is 0 Å². The lowest BCUT2D eigenvalue weighted by molar-refractivity contribution is -0.228. The predicted molar refractivity (Wildman–Crippen MR) is 33.5 cm³/mol. The van der Waals surface area contributed by atoms with Crippen LogP contribution in [0.25, 0.3) is 0 Å². The Bertz CT molecular complexity index is 132. The molecule has 4 atom stereocenters. The number of hydrogen-bond acceptors (Lipinski definition) is 4. The third-order valence-corrected chi connectivity index (χ3v) is 1.69. The van der Waals surface area contributed by atoms with Gasteiger partial charge >= 0.3 is 0 Å². The van der Waals surface area contributed by atoms with Crippen molar-refractivity contribution in [3.63, 3.8) is 0 Å². The Morgan fingerprint density at radius 2 is 2.09 bits per heavy atom. The van der Waals surface area contributed by atoms with E-state index in [0.717, 1.165) is 0 Å². The van der Waals surface area contributed by atoms with E-state index in [1.165, 1.54) is 0 Å². The van der Waals surface area contributed by atoms with Gasteiger partial charge in [0.2, 0.25) is 0 Å². The number of halogens is 1. The summed E-state index contributed by atoms with van der Waals surface area (Å²) in [7, 11) is 0. The van der Waals surface area contributed by atoms with Crippen molar-refractivity contribution in [2.75, 3.05) is 6.61 Å². The molecule has 0 spiro atoms. The van der Waals surface area contributed by atoms with E-state index < -0.39 is 31.3 Å². The molecule has 0 aromatic heterocycles. The topological polar surface area (TPSA) is 69.9 Å². The van der Waals surface area contributed by atoms with Gasteiger partial charge in [0.15, 0.2) is 6.29 Å². The SMILES string of the molecule is OC[C@H]1OC(O)C[C@@H](F)[C@@H]1O. The second-order valence-electron chi connectivity index (χ2n) is 2.55. The monoisotopic (exact) mass is 166 g/mol. The summed E-state index contributed by atoms with van der Waals surface area (Å²) in [5.74, 6) is 0. The molecule has 1 aliphatic heterocycles. The maximum Gasteiger partial charge on any atom is 0.158 e. The van der Waals surface area contributed by atoms with E-state index in [1.807, 2.05) is 0 Å². The highest BCUT2D eigenvalue weighted by atomic mass is 19.1. The Hall–Kier alpha value is -0.230. The van der Waals surface area contributed by atoms with Gasteiger partial charge in [-0.25, -0.2) is 4.39 Å². The molecule has 5 heteroatoms. The minimum atomic E-state index is -1.52. The molecule has 1 heterocycles. The molecule has 4 nitrogen and oxygen atoms in total. The molecule has 0 aromatic rings. The van der Waals surface area contributed by atoms with Crippen LogP contribution in [0.3, 0.4) is 0 Å². The van der Waals surface area contributed by atoms with Gasteiger partial charge in [-0.3, -0.25) is 0 Å². The zero-order valence-electron chi connectivity index (χ0n) is 5.85. The molecule has 1 aliphatic rings. The van der Waals surface area contributed by atoms with Crippen molar-refractivity contribution in [3.05, 3.63) is 0 Å². The molecule has 0 aromatic carbocycles. The van der Waals surface area contributed by atoms with Crippen LogP contribution in [0.1, 0.15) is 6.42 Å². The van der Waals surface area contributed by atoms with Crippen molar-refractivity contribution in [1.82, 2.24) is 0 Å². The van der Waals surface area contributed by atoms with Crippen molar-refractivity contribution in [1.29, 1.82) is 0 Å². The van der Waals surface area contributed by atoms with Gasteiger partial charge in [0.1, 0.15) is 18.4 Å². The van der Waals surface area contributed by atoms with Crippen molar-refractivity contribution in [2.45, 2.75) is 31.1 Å². The highest BCUT2D eigenvalue weighted by Gasteiger charge is 2.36. The van der Waals surface area contributed by atoms with Crippen molar-refractivity contribution in [2.24, 2.45) is 0 Å². The summed E-state index contributed by atoms with van der Waals surface area (Å²) in [5.41, 5.74) is 0. The molecule has 0 amide bonds. The smallest absolute Gasteiger partial charge is 0.158 e. The summed E-state index contributed by atoms with van der Waals surface area (Å²) in [6.45, 7) is -0.487. The van der Waals surface area contributed by atoms with Crippen LogP contribution in [0, 0.1) is 0 Å². The Labute approximate surface area is 63.2 Å². The van der Waals surface area contributed by atoms with Gasteiger partial charge in [-0.1, -0.05) is 0 Å². The van der Waals surface area contributed by atoms with Crippen LogP contribution in [0.15, 0.2) is 0 Å². The van der Waals surface area contributed by atoms with E-state index in [1.54, 1.807) is 0 Å². The molecule has 0 bridgehead atoms. The number of hydrogen-bond donors (Lipinski definition) is 3. The third kappa shape index (κ3) is 1.87. The highest BCUT2D eigenvalue weighted by Crippen LogP contribution is 2.20. The molecule has 11 heavy (non-hydrogen) atoms. The summed E-state index contributed by atoms with van der Waals surface area (Å²) in [6, 6.07) is 0. The molecular weight excluding hydrogens is 155 g/mol. The molecule has 1 saturated heterocycles. The van der Waals surface area contributed by atoms with Gasteiger partial charge in [-0.15, -0.1) is 0 Å². The molecule has 66 valence electrons. The van der Waals surface area contributed by atoms with Crippen LogP contribution in [0.2, 0.25) is 0 Å².